The van der Waals surface area contributed by atoms with Gasteiger partial charge in [0.15, 0.2) is 18.2 Å². The minimum atomic E-state index is -4.56. The van der Waals surface area contributed by atoms with E-state index in [1.54, 1.807) is 0 Å². The lowest BCUT2D eigenvalue weighted by atomic mass is 9.70. The van der Waals surface area contributed by atoms with Gasteiger partial charge in [-0.15, -0.1) is 0 Å². The molecular weight excluding hydrogens is 316 g/mol. The molecule has 126 valence electrons. The first kappa shape index (κ1) is 16.2. The number of rotatable bonds is 2. The Labute approximate surface area is 130 Å². The maximum absolute atomic E-state index is 13.9. The van der Waals surface area contributed by atoms with Crippen LogP contribution in [0, 0.1) is 11.2 Å². The highest BCUT2D eigenvalue weighted by Gasteiger charge is 2.47. The molecule has 3 nitrogen and oxygen atoms in total. The first-order valence-electron chi connectivity index (χ1n) is 7.42. The molecule has 1 spiro atoms. The fourth-order valence-corrected chi connectivity index (χ4v) is 3.57. The Morgan fingerprint density at radius 2 is 1.91 bits per heavy atom. The summed E-state index contributed by atoms with van der Waals surface area (Å²) < 4.78 is 55.1. The molecule has 7 heteroatoms. The first-order valence-corrected chi connectivity index (χ1v) is 7.42. The number of benzene rings is 1. The number of ether oxygens (including phenoxy) is 1. The van der Waals surface area contributed by atoms with Crippen molar-refractivity contribution in [3.63, 3.8) is 0 Å². The van der Waals surface area contributed by atoms with Crippen LogP contribution in [0.1, 0.15) is 42.9 Å². The van der Waals surface area contributed by atoms with Gasteiger partial charge in [-0.05, 0) is 42.5 Å². The number of carbonyl (C=O) groups is 1. The number of Topliss-reactive ketones (excluding diaryl/α,β-unsaturated/α-hetero) is 1. The summed E-state index contributed by atoms with van der Waals surface area (Å²) in [4.78, 5) is 11.4. The summed E-state index contributed by atoms with van der Waals surface area (Å²) >= 11 is 0. The van der Waals surface area contributed by atoms with Crippen molar-refractivity contribution in [3.05, 3.63) is 29.1 Å². The normalized spacial score (nSPS) is 23.2. The third kappa shape index (κ3) is 3.06. The van der Waals surface area contributed by atoms with E-state index in [-0.39, 0.29) is 5.78 Å². The van der Waals surface area contributed by atoms with Crippen LogP contribution >= 0.6 is 0 Å². The Bertz CT molecular complexity index is 629. The number of carbonyl (C=O) groups excluding carboxylic acids is 1. The van der Waals surface area contributed by atoms with Gasteiger partial charge in [0.1, 0.15) is 5.78 Å². The highest BCUT2D eigenvalue weighted by atomic mass is 19.4. The molecule has 0 heterocycles. The van der Waals surface area contributed by atoms with Crippen LogP contribution in [0.2, 0.25) is 0 Å². The zero-order valence-electron chi connectivity index (χ0n) is 12.3. The van der Waals surface area contributed by atoms with Gasteiger partial charge < -0.3 is 9.84 Å². The molecule has 2 aliphatic carbocycles. The van der Waals surface area contributed by atoms with Gasteiger partial charge in [0, 0.05) is 18.3 Å². The van der Waals surface area contributed by atoms with E-state index in [2.05, 4.69) is 4.74 Å². The maximum Gasteiger partial charge on any atom is 0.422 e. The minimum Gasteiger partial charge on any atom is -0.481 e. The number of alkyl halides is 3. The van der Waals surface area contributed by atoms with Gasteiger partial charge in [-0.3, -0.25) is 4.79 Å². The molecule has 1 unspecified atom stereocenters. The van der Waals surface area contributed by atoms with Crippen LogP contribution in [-0.4, -0.2) is 23.7 Å². The minimum absolute atomic E-state index is 0.138. The standard InChI is InChI=1S/C16H16F4O3/c17-12-5-9-7-15(3-1-10(21)2-4-15)14(22)11(9)6-13(12)23-8-16(18,19)20/h5-6,14,22H,1-4,7-8H2. The fraction of sp³-hybridized carbons (Fsp3) is 0.562. The lowest BCUT2D eigenvalue weighted by Crippen LogP contribution is -2.31. The smallest absolute Gasteiger partial charge is 0.422 e. The summed E-state index contributed by atoms with van der Waals surface area (Å²) in [6, 6.07) is 2.29. The molecule has 1 saturated carbocycles. The van der Waals surface area contributed by atoms with Crippen molar-refractivity contribution in [2.75, 3.05) is 6.61 Å². The molecule has 1 atom stereocenters. The van der Waals surface area contributed by atoms with E-state index in [1.807, 2.05) is 0 Å². The van der Waals surface area contributed by atoms with E-state index < -0.39 is 35.9 Å². The average molecular weight is 332 g/mol. The molecule has 23 heavy (non-hydrogen) atoms. The molecule has 0 aliphatic heterocycles. The molecule has 1 N–H and O–H groups in total. The molecule has 0 radical (unpaired) electrons. The Morgan fingerprint density at radius 1 is 1.26 bits per heavy atom. The molecule has 2 aliphatic rings. The van der Waals surface area contributed by atoms with Crippen LogP contribution in [0.5, 0.6) is 5.75 Å². The predicted molar refractivity (Wildman–Crippen MR) is 72.5 cm³/mol. The van der Waals surface area contributed by atoms with Gasteiger partial charge in [-0.25, -0.2) is 4.39 Å². The van der Waals surface area contributed by atoms with Gasteiger partial charge >= 0.3 is 6.18 Å². The highest BCUT2D eigenvalue weighted by Crippen LogP contribution is 2.54. The van der Waals surface area contributed by atoms with Crippen molar-refractivity contribution in [1.29, 1.82) is 0 Å². The Balaban J connectivity index is 1.85. The fourth-order valence-electron chi connectivity index (χ4n) is 3.57. The van der Waals surface area contributed by atoms with Crippen molar-refractivity contribution < 1.29 is 32.2 Å². The molecule has 0 aromatic heterocycles. The second-order valence-electron chi connectivity index (χ2n) is 6.37. The average Bonchev–Trinajstić information content (AvgIpc) is 2.71. The van der Waals surface area contributed by atoms with Crippen LogP contribution in [-0.2, 0) is 11.2 Å². The largest absolute Gasteiger partial charge is 0.481 e. The summed E-state index contributed by atoms with van der Waals surface area (Å²) in [7, 11) is 0. The molecule has 1 fully saturated rings. The van der Waals surface area contributed by atoms with Crippen molar-refractivity contribution >= 4 is 5.78 Å². The second kappa shape index (κ2) is 5.47. The molecule has 3 rings (SSSR count). The van der Waals surface area contributed by atoms with Crippen LogP contribution in [0.25, 0.3) is 0 Å². The zero-order chi connectivity index (χ0) is 16.8. The van der Waals surface area contributed by atoms with E-state index >= 15 is 0 Å². The second-order valence-corrected chi connectivity index (χ2v) is 6.37. The number of fused-ring (bicyclic) bond motifs is 1. The van der Waals surface area contributed by atoms with Crippen LogP contribution in [0.15, 0.2) is 12.1 Å². The molecular formula is C16H16F4O3. The Kier molecular flexibility index (Phi) is 3.86. The van der Waals surface area contributed by atoms with Gasteiger partial charge in [0.2, 0.25) is 0 Å². The lowest BCUT2D eigenvalue weighted by molar-refractivity contribution is -0.153. The van der Waals surface area contributed by atoms with Crippen LogP contribution in [0.3, 0.4) is 0 Å². The zero-order valence-corrected chi connectivity index (χ0v) is 12.3. The predicted octanol–water partition coefficient (Wildman–Crippen LogP) is 3.49. The van der Waals surface area contributed by atoms with E-state index in [0.717, 1.165) is 12.1 Å². The van der Waals surface area contributed by atoms with Gasteiger partial charge in [0.05, 0.1) is 6.10 Å². The SMILES string of the molecule is O=C1CCC2(CC1)Cc1cc(F)c(OCC(F)(F)F)cc1C2O. The Morgan fingerprint density at radius 3 is 2.52 bits per heavy atom. The molecule has 0 bridgehead atoms. The summed E-state index contributed by atoms with van der Waals surface area (Å²) in [5, 5.41) is 10.6. The quantitative estimate of drug-likeness (QED) is 0.844. The van der Waals surface area contributed by atoms with Gasteiger partial charge in [0.25, 0.3) is 0 Å². The molecule has 0 amide bonds. The van der Waals surface area contributed by atoms with Crippen molar-refractivity contribution in [2.24, 2.45) is 5.41 Å². The maximum atomic E-state index is 13.9. The van der Waals surface area contributed by atoms with Crippen molar-refractivity contribution in [2.45, 2.75) is 44.4 Å². The number of halogens is 4. The number of aliphatic hydroxyl groups is 1. The van der Waals surface area contributed by atoms with E-state index in [9.17, 15) is 27.5 Å². The summed E-state index contributed by atoms with van der Waals surface area (Å²) in [6.07, 6.45) is -3.32. The monoisotopic (exact) mass is 332 g/mol. The van der Waals surface area contributed by atoms with Gasteiger partial charge in [-0.1, -0.05) is 0 Å². The lowest BCUT2D eigenvalue weighted by Gasteiger charge is -2.36. The third-order valence-corrected chi connectivity index (χ3v) is 4.81. The van der Waals surface area contributed by atoms with Crippen molar-refractivity contribution in [1.82, 2.24) is 0 Å². The summed E-state index contributed by atoms with van der Waals surface area (Å²) in [6.45, 7) is -1.58. The van der Waals surface area contributed by atoms with Gasteiger partial charge in [-0.2, -0.15) is 13.2 Å². The van der Waals surface area contributed by atoms with E-state index in [1.165, 1.54) is 0 Å². The topological polar surface area (TPSA) is 46.5 Å². The molecule has 0 saturated heterocycles. The number of ketones is 1. The van der Waals surface area contributed by atoms with E-state index in [0.29, 0.717) is 43.2 Å². The third-order valence-electron chi connectivity index (χ3n) is 4.81. The van der Waals surface area contributed by atoms with E-state index in [4.69, 9.17) is 0 Å². The molecule has 1 aromatic carbocycles. The first-order chi connectivity index (χ1) is 10.7. The number of hydrogen-bond acceptors (Lipinski definition) is 3. The summed E-state index contributed by atoms with van der Waals surface area (Å²) in [5.41, 5.74) is 0.451. The van der Waals surface area contributed by atoms with Crippen molar-refractivity contribution in [3.8, 4) is 5.75 Å². The summed E-state index contributed by atoms with van der Waals surface area (Å²) in [5.74, 6) is -1.24. The number of aliphatic hydroxyl groups excluding tert-OH is 1. The highest BCUT2D eigenvalue weighted by molar-refractivity contribution is 5.79. The number of hydrogen-bond donors (Lipinski definition) is 1. The Hall–Kier alpha value is -1.63. The van der Waals surface area contributed by atoms with Crippen LogP contribution < -0.4 is 4.74 Å². The van der Waals surface area contributed by atoms with Crippen LogP contribution in [0.4, 0.5) is 17.6 Å². The molecule has 1 aromatic rings.